The van der Waals surface area contributed by atoms with Crippen LogP contribution in [0.1, 0.15) is 188 Å². The first-order valence-electron chi connectivity index (χ1n) is 25.4. The van der Waals surface area contributed by atoms with Crippen molar-refractivity contribution in [2.45, 2.75) is 194 Å². The van der Waals surface area contributed by atoms with E-state index in [9.17, 15) is 14.4 Å². The van der Waals surface area contributed by atoms with Crippen molar-refractivity contribution in [1.82, 2.24) is 0 Å². The maximum absolute atomic E-state index is 12.8. The van der Waals surface area contributed by atoms with E-state index in [1.54, 1.807) is 0 Å². The van der Waals surface area contributed by atoms with E-state index < -0.39 is 6.10 Å². The first kappa shape index (κ1) is 60.3. The molecule has 0 rings (SSSR count). The second-order valence-corrected chi connectivity index (χ2v) is 16.1. The average Bonchev–Trinajstić information content (AvgIpc) is 3.30. The van der Waals surface area contributed by atoms with Crippen molar-refractivity contribution in [3.05, 3.63) is 146 Å². The van der Waals surface area contributed by atoms with Gasteiger partial charge in [-0.2, -0.15) is 0 Å². The highest BCUT2D eigenvalue weighted by Gasteiger charge is 2.19. The third-order valence-corrected chi connectivity index (χ3v) is 9.98. The van der Waals surface area contributed by atoms with Crippen LogP contribution in [0.4, 0.5) is 0 Å². The molecule has 0 aliphatic carbocycles. The molecule has 0 aliphatic heterocycles. The van der Waals surface area contributed by atoms with E-state index in [1.807, 2.05) is 30.4 Å². The Morgan fingerprint density at radius 1 is 0.323 bits per heavy atom. The maximum Gasteiger partial charge on any atom is 0.306 e. The Kier molecular flexibility index (Phi) is 48.2. The van der Waals surface area contributed by atoms with E-state index in [0.717, 1.165) is 148 Å². The number of carbonyl (C=O) groups excluding carboxylic acids is 3. The first-order chi connectivity index (χ1) is 32.0. The second kappa shape index (κ2) is 51.9. The summed E-state index contributed by atoms with van der Waals surface area (Å²) in [5, 5.41) is 0. The Bertz CT molecular complexity index is 1490. The Morgan fingerprint density at radius 3 is 1.06 bits per heavy atom. The molecule has 6 heteroatoms. The fraction of sp³-hybridized carbons (Fsp3) is 0.542. The lowest BCUT2D eigenvalue weighted by atomic mass is 10.1. The summed E-state index contributed by atoms with van der Waals surface area (Å²) in [6.07, 6.45) is 74.0. The zero-order valence-electron chi connectivity index (χ0n) is 41.2. The van der Waals surface area contributed by atoms with Gasteiger partial charge in [0.2, 0.25) is 0 Å². The molecule has 0 bridgehead atoms. The molecule has 0 aromatic carbocycles. The number of carbonyl (C=O) groups is 3. The number of ether oxygens (including phenoxy) is 3. The fourth-order valence-corrected chi connectivity index (χ4v) is 6.24. The van der Waals surface area contributed by atoms with Gasteiger partial charge in [0.15, 0.2) is 6.10 Å². The van der Waals surface area contributed by atoms with Crippen LogP contribution >= 0.6 is 0 Å². The van der Waals surface area contributed by atoms with Crippen LogP contribution < -0.4 is 0 Å². The van der Waals surface area contributed by atoms with E-state index in [4.69, 9.17) is 14.2 Å². The Morgan fingerprint density at radius 2 is 0.631 bits per heavy atom. The normalized spacial score (nSPS) is 13.3. The summed E-state index contributed by atoms with van der Waals surface area (Å²) in [5.74, 6) is -1.00. The molecule has 0 amide bonds. The molecule has 0 aromatic rings. The van der Waals surface area contributed by atoms with Crippen molar-refractivity contribution >= 4 is 17.9 Å². The number of rotatable bonds is 43. The highest BCUT2D eigenvalue weighted by atomic mass is 16.6. The molecule has 65 heavy (non-hydrogen) atoms. The van der Waals surface area contributed by atoms with Crippen molar-refractivity contribution in [3.8, 4) is 0 Å². The molecule has 0 heterocycles. The van der Waals surface area contributed by atoms with E-state index in [2.05, 4.69) is 136 Å². The minimum Gasteiger partial charge on any atom is -0.462 e. The quantitative estimate of drug-likeness (QED) is 0.0199. The summed E-state index contributed by atoms with van der Waals surface area (Å²) in [7, 11) is 0. The number of allylic oxidation sites excluding steroid dienone is 24. The summed E-state index contributed by atoms with van der Waals surface area (Å²) < 4.78 is 16.7. The summed E-state index contributed by atoms with van der Waals surface area (Å²) >= 11 is 0. The van der Waals surface area contributed by atoms with Crippen LogP contribution in [0, 0.1) is 0 Å². The molecule has 1 unspecified atom stereocenters. The van der Waals surface area contributed by atoms with Gasteiger partial charge in [0.25, 0.3) is 0 Å². The van der Waals surface area contributed by atoms with Crippen molar-refractivity contribution in [2.75, 3.05) is 13.2 Å². The van der Waals surface area contributed by atoms with Crippen LogP contribution in [0.3, 0.4) is 0 Å². The lowest BCUT2D eigenvalue weighted by Gasteiger charge is -2.18. The summed E-state index contributed by atoms with van der Waals surface area (Å²) in [5.41, 5.74) is 0. The summed E-state index contributed by atoms with van der Waals surface area (Å²) in [6.45, 7) is 6.16. The molecular formula is C59H90O6. The number of esters is 3. The van der Waals surface area contributed by atoms with Gasteiger partial charge < -0.3 is 14.2 Å². The van der Waals surface area contributed by atoms with Crippen molar-refractivity contribution < 1.29 is 28.6 Å². The minimum absolute atomic E-state index is 0.116. The molecular weight excluding hydrogens is 805 g/mol. The number of hydrogen-bond donors (Lipinski definition) is 0. The van der Waals surface area contributed by atoms with Crippen LogP contribution in [0.15, 0.2) is 146 Å². The molecule has 6 nitrogen and oxygen atoms in total. The summed E-state index contributed by atoms with van der Waals surface area (Å²) in [4.78, 5) is 38.0. The third-order valence-electron chi connectivity index (χ3n) is 9.98. The van der Waals surface area contributed by atoms with Crippen molar-refractivity contribution in [1.29, 1.82) is 0 Å². The van der Waals surface area contributed by atoms with Gasteiger partial charge in [-0.3, -0.25) is 14.4 Å². The zero-order chi connectivity index (χ0) is 47.2. The zero-order valence-corrected chi connectivity index (χ0v) is 41.2. The van der Waals surface area contributed by atoms with E-state index in [1.165, 1.54) is 0 Å². The Labute approximate surface area is 397 Å². The number of unbranched alkanes of at least 4 members (excludes halogenated alkanes) is 13. The maximum atomic E-state index is 12.8. The third kappa shape index (κ3) is 50.2. The van der Waals surface area contributed by atoms with Gasteiger partial charge in [-0.1, -0.05) is 212 Å². The second-order valence-electron chi connectivity index (χ2n) is 16.1. The number of hydrogen-bond acceptors (Lipinski definition) is 6. The molecule has 362 valence electrons. The highest BCUT2D eigenvalue weighted by molar-refractivity contribution is 5.71. The van der Waals surface area contributed by atoms with Crippen LogP contribution in [0.2, 0.25) is 0 Å². The predicted molar refractivity (Wildman–Crippen MR) is 279 cm³/mol. The van der Waals surface area contributed by atoms with Gasteiger partial charge >= 0.3 is 17.9 Å². The van der Waals surface area contributed by atoms with Gasteiger partial charge in [-0.05, 0) is 103 Å². The predicted octanol–water partition coefficient (Wildman–Crippen LogP) is 16.9. The SMILES string of the molecule is CC\C=C/C=C\C=C/C=C\CCCCCCCC(=O)OC(COC(=O)CCCCC/C=C\C/C=C\C/C=C\C/C=C\C/C=C\CC)COC(=O)CCCCCCC\C=C/C=C\C=C/CC. The fourth-order valence-electron chi connectivity index (χ4n) is 6.24. The lowest BCUT2D eigenvalue weighted by molar-refractivity contribution is -0.167. The molecule has 0 fully saturated rings. The van der Waals surface area contributed by atoms with Gasteiger partial charge in [-0.25, -0.2) is 0 Å². The molecule has 0 aliphatic rings. The molecule has 0 saturated carbocycles. The van der Waals surface area contributed by atoms with E-state index in [-0.39, 0.29) is 37.5 Å². The molecule has 0 spiro atoms. The van der Waals surface area contributed by atoms with Crippen molar-refractivity contribution in [3.63, 3.8) is 0 Å². The van der Waals surface area contributed by atoms with Crippen LogP contribution in [-0.4, -0.2) is 37.2 Å². The van der Waals surface area contributed by atoms with Gasteiger partial charge in [0.1, 0.15) is 13.2 Å². The van der Waals surface area contributed by atoms with E-state index in [0.29, 0.717) is 12.8 Å². The Balaban J connectivity index is 4.54. The molecule has 0 saturated heterocycles. The largest absolute Gasteiger partial charge is 0.462 e. The molecule has 0 N–H and O–H groups in total. The van der Waals surface area contributed by atoms with Crippen LogP contribution in [-0.2, 0) is 28.6 Å². The van der Waals surface area contributed by atoms with Crippen molar-refractivity contribution in [2.24, 2.45) is 0 Å². The topological polar surface area (TPSA) is 78.9 Å². The lowest BCUT2D eigenvalue weighted by Crippen LogP contribution is -2.30. The molecule has 0 radical (unpaired) electrons. The van der Waals surface area contributed by atoms with Crippen LogP contribution in [0.5, 0.6) is 0 Å². The average molecular weight is 895 g/mol. The van der Waals surface area contributed by atoms with Gasteiger partial charge in [-0.15, -0.1) is 0 Å². The highest BCUT2D eigenvalue weighted by Crippen LogP contribution is 2.12. The van der Waals surface area contributed by atoms with Gasteiger partial charge in [0.05, 0.1) is 0 Å². The van der Waals surface area contributed by atoms with Crippen LogP contribution in [0.25, 0.3) is 0 Å². The molecule has 1 atom stereocenters. The summed E-state index contributed by atoms with van der Waals surface area (Å²) in [6, 6.07) is 0. The monoisotopic (exact) mass is 895 g/mol. The Hall–Kier alpha value is -4.71. The smallest absolute Gasteiger partial charge is 0.306 e. The van der Waals surface area contributed by atoms with E-state index >= 15 is 0 Å². The van der Waals surface area contributed by atoms with Gasteiger partial charge in [0, 0.05) is 19.3 Å². The molecule has 0 aromatic heterocycles. The minimum atomic E-state index is -0.819. The standard InChI is InChI=1S/C59H90O6/c1-4-7-10-13-16-19-22-25-27-28-29-30-32-34-37-40-43-46-49-52-58(61)64-55-56(54-63-57(60)51-48-45-42-39-36-33-24-21-18-15-12-9-6-3)65-59(62)53-50-47-44-41-38-35-31-26-23-20-17-14-11-8-5-2/h7-12,14-21,23-27,29-31,34,37,56H,4-6,13,22,28,32-33,35-36,38-55H2,1-3H3/b10-7-,11-8-,12-9-,17-14-,18-15-,19-16-,23-20-,24-21-,27-25-,30-29-,31-26-,37-34-. The first-order valence-corrected chi connectivity index (χ1v) is 25.4.